The first kappa shape index (κ1) is 18.2. The molecular formula is C18H23N3O2S. The van der Waals surface area contributed by atoms with Gasteiger partial charge in [0, 0.05) is 25.5 Å². The fourth-order valence-electron chi connectivity index (χ4n) is 2.31. The summed E-state index contributed by atoms with van der Waals surface area (Å²) in [5, 5.41) is 3.91. The maximum atomic E-state index is 5.61. The first-order valence-electron chi connectivity index (χ1n) is 7.77. The average Bonchev–Trinajstić information content (AvgIpc) is 2.63. The zero-order chi connectivity index (χ0) is 17.4. The summed E-state index contributed by atoms with van der Waals surface area (Å²) >= 11 is 5.61. The molecule has 0 unspecified atom stereocenters. The minimum atomic E-state index is 0.0413. The van der Waals surface area contributed by atoms with Crippen LogP contribution in [0.4, 0.5) is 5.69 Å². The average molecular weight is 345 g/mol. The van der Waals surface area contributed by atoms with E-state index in [1.165, 1.54) is 0 Å². The van der Waals surface area contributed by atoms with Gasteiger partial charge in [0.25, 0.3) is 0 Å². The van der Waals surface area contributed by atoms with Gasteiger partial charge in [-0.05, 0) is 55.5 Å². The van der Waals surface area contributed by atoms with Crippen molar-refractivity contribution in [2.45, 2.75) is 13.0 Å². The molecule has 0 saturated heterocycles. The van der Waals surface area contributed by atoms with E-state index in [0.717, 1.165) is 17.1 Å². The summed E-state index contributed by atoms with van der Waals surface area (Å²) in [7, 11) is 3.33. The molecule has 2 rings (SSSR count). The fourth-order valence-corrected chi connectivity index (χ4v) is 2.68. The van der Waals surface area contributed by atoms with Gasteiger partial charge < -0.3 is 19.7 Å². The van der Waals surface area contributed by atoms with Crippen LogP contribution in [0.15, 0.2) is 48.7 Å². The van der Waals surface area contributed by atoms with Crippen LogP contribution in [-0.2, 0) is 4.74 Å². The maximum absolute atomic E-state index is 5.61. The van der Waals surface area contributed by atoms with E-state index in [2.05, 4.69) is 22.1 Å². The molecule has 0 aliphatic carbocycles. The molecule has 2 aromatic rings. The Morgan fingerprint density at radius 1 is 1.21 bits per heavy atom. The van der Waals surface area contributed by atoms with Crippen LogP contribution < -0.4 is 10.1 Å². The van der Waals surface area contributed by atoms with E-state index < -0.39 is 0 Å². The van der Waals surface area contributed by atoms with Crippen molar-refractivity contribution in [1.82, 2.24) is 9.88 Å². The van der Waals surface area contributed by atoms with Crippen LogP contribution in [0.1, 0.15) is 18.7 Å². The lowest BCUT2D eigenvalue weighted by Gasteiger charge is -2.31. The highest BCUT2D eigenvalue weighted by atomic mass is 32.1. The monoisotopic (exact) mass is 345 g/mol. The number of rotatable bonds is 7. The predicted molar refractivity (Wildman–Crippen MR) is 100 cm³/mol. The van der Waals surface area contributed by atoms with Crippen molar-refractivity contribution in [1.29, 1.82) is 0 Å². The molecule has 1 heterocycles. The van der Waals surface area contributed by atoms with Crippen LogP contribution in [0.25, 0.3) is 0 Å². The lowest BCUT2D eigenvalue weighted by molar-refractivity contribution is 0.164. The van der Waals surface area contributed by atoms with Crippen molar-refractivity contribution in [3.05, 3.63) is 54.4 Å². The van der Waals surface area contributed by atoms with E-state index in [1.54, 1.807) is 20.4 Å². The second-order valence-corrected chi connectivity index (χ2v) is 5.66. The third-order valence-corrected chi connectivity index (χ3v) is 4.06. The van der Waals surface area contributed by atoms with Crippen LogP contribution in [0.5, 0.6) is 5.75 Å². The minimum absolute atomic E-state index is 0.0413. The van der Waals surface area contributed by atoms with Crippen LogP contribution in [0.2, 0.25) is 0 Å². The SMILES string of the molecule is COCCN(C(=S)Nc1ccc(OC)cc1)[C@@H](C)c1ccccn1. The second-order valence-electron chi connectivity index (χ2n) is 5.28. The lowest BCUT2D eigenvalue weighted by atomic mass is 10.2. The Bertz CT molecular complexity index is 634. The highest BCUT2D eigenvalue weighted by Gasteiger charge is 2.19. The number of nitrogens with zero attached hydrogens (tertiary/aromatic N) is 2. The summed E-state index contributed by atoms with van der Waals surface area (Å²) in [5.74, 6) is 0.810. The Kier molecular flexibility index (Phi) is 6.96. The predicted octanol–water partition coefficient (Wildman–Crippen LogP) is 3.50. The molecule has 0 bridgehead atoms. The summed E-state index contributed by atoms with van der Waals surface area (Å²) in [4.78, 5) is 6.51. The molecule has 5 nitrogen and oxygen atoms in total. The zero-order valence-corrected chi connectivity index (χ0v) is 15.0. The molecule has 128 valence electrons. The molecule has 1 aromatic carbocycles. The number of hydrogen-bond acceptors (Lipinski definition) is 4. The Morgan fingerprint density at radius 3 is 2.54 bits per heavy atom. The summed E-state index contributed by atoms with van der Waals surface area (Å²) in [6.45, 7) is 3.35. The Morgan fingerprint density at radius 2 is 1.96 bits per heavy atom. The lowest BCUT2D eigenvalue weighted by Crippen LogP contribution is -2.39. The van der Waals surface area contributed by atoms with Gasteiger partial charge in [-0.15, -0.1) is 0 Å². The molecule has 1 N–H and O–H groups in total. The summed E-state index contributed by atoms with van der Waals surface area (Å²) < 4.78 is 10.4. The topological polar surface area (TPSA) is 46.6 Å². The zero-order valence-electron chi connectivity index (χ0n) is 14.2. The van der Waals surface area contributed by atoms with Gasteiger partial charge in [0.2, 0.25) is 0 Å². The van der Waals surface area contributed by atoms with Crippen molar-refractivity contribution in [3.63, 3.8) is 0 Å². The summed E-state index contributed by atoms with van der Waals surface area (Å²) in [6.07, 6.45) is 1.79. The molecular weight excluding hydrogens is 322 g/mol. The van der Waals surface area contributed by atoms with Gasteiger partial charge in [-0.1, -0.05) is 6.07 Å². The molecule has 24 heavy (non-hydrogen) atoms. The number of thiocarbonyl (C=S) groups is 1. The van der Waals surface area contributed by atoms with Gasteiger partial charge in [0.15, 0.2) is 5.11 Å². The second kappa shape index (κ2) is 9.20. The number of ether oxygens (including phenoxy) is 2. The number of hydrogen-bond donors (Lipinski definition) is 1. The van der Waals surface area contributed by atoms with Crippen molar-refractivity contribution in [3.8, 4) is 5.75 Å². The van der Waals surface area contributed by atoms with Gasteiger partial charge in [0.05, 0.1) is 25.5 Å². The van der Waals surface area contributed by atoms with Crippen molar-refractivity contribution < 1.29 is 9.47 Å². The Hall–Kier alpha value is -2.18. The number of aromatic nitrogens is 1. The Balaban J connectivity index is 2.11. The highest BCUT2D eigenvalue weighted by Crippen LogP contribution is 2.20. The van der Waals surface area contributed by atoms with Gasteiger partial charge in [-0.3, -0.25) is 4.98 Å². The van der Waals surface area contributed by atoms with Gasteiger partial charge in [-0.2, -0.15) is 0 Å². The third kappa shape index (κ3) is 4.91. The van der Waals surface area contributed by atoms with Crippen molar-refractivity contribution >= 4 is 23.0 Å². The molecule has 0 radical (unpaired) electrons. The smallest absolute Gasteiger partial charge is 0.174 e. The van der Waals surface area contributed by atoms with Gasteiger partial charge >= 0.3 is 0 Å². The minimum Gasteiger partial charge on any atom is -0.497 e. The normalized spacial score (nSPS) is 11.6. The highest BCUT2D eigenvalue weighted by molar-refractivity contribution is 7.80. The number of methoxy groups -OCH3 is 2. The molecule has 1 aromatic heterocycles. The van der Waals surface area contributed by atoms with Crippen LogP contribution in [0.3, 0.4) is 0 Å². The first-order chi connectivity index (χ1) is 11.7. The molecule has 0 spiro atoms. The summed E-state index contributed by atoms with van der Waals surface area (Å²) in [5.41, 5.74) is 1.88. The standard InChI is InChI=1S/C18H23N3O2S/c1-14(17-6-4-5-11-19-17)21(12-13-22-2)18(24)20-15-7-9-16(23-3)10-8-15/h4-11,14H,12-13H2,1-3H3,(H,20,24)/t14-/m0/s1. The molecule has 0 aliphatic rings. The van der Waals surface area contributed by atoms with E-state index in [1.807, 2.05) is 42.5 Å². The molecule has 1 atom stereocenters. The first-order valence-corrected chi connectivity index (χ1v) is 8.18. The van der Waals surface area contributed by atoms with E-state index in [0.29, 0.717) is 18.3 Å². The number of benzene rings is 1. The van der Waals surface area contributed by atoms with Crippen molar-refractivity contribution in [2.24, 2.45) is 0 Å². The van der Waals surface area contributed by atoms with Crippen LogP contribution in [-0.4, -0.2) is 42.4 Å². The van der Waals surface area contributed by atoms with E-state index in [9.17, 15) is 0 Å². The van der Waals surface area contributed by atoms with Gasteiger partial charge in [0.1, 0.15) is 5.75 Å². The molecule has 6 heteroatoms. The van der Waals surface area contributed by atoms with E-state index in [4.69, 9.17) is 21.7 Å². The third-order valence-electron chi connectivity index (χ3n) is 3.72. The largest absolute Gasteiger partial charge is 0.497 e. The molecule has 0 fully saturated rings. The summed E-state index contributed by atoms with van der Waals surface area (Å²) in [6, 6.07) is 13.6. The molecule has 0 amide bonds. The molecule has 0 saturated carbocycles. The van der Waals surface area contributed by atoms with Crippen LogP contribution >= 0.6 is 12.2 Å². The molecule has 0 aliphatic heterocycles. The van der Waals surface area contributed by atoms with E-state index >= 15 is 0 Å². The number of anilines is 1. The number of nitrogens with one attached hydrogen (secondary N) is 1. The van der Waals surface area contributed by atoms with E-state index in [-0.39, 0.29) is 6.04 Å². The van der Waals surface area contributed by atoms with Crippen molar-refractivity contribution in [2.75, 3.05) is 32.7 Å². The maximum Gasteiger partial charge on any atom is 0.174 e. The van der Waals surface area contributed by atoms with Gasteiger partial charge in [-0.25, -0.2) is 0 Å². The Labute approximate surface area is 148 Å². The fraction of sp³-hybridized carbons (Fsp3) is 0.333. The number of pyridine rings is 1. The van der Waals surface area contributed by atoms with Crippen LogP contribution in [0, 0.1) is 0 Å². The quantitative estimate of drug-likeness (QED) is 0.775.